The van der Waals surface area contributed by atoms with Crippen molar-refractivity contribution in [3.8, 4) is 0 Å². The van der Waals surface area contributed by atoms with Gasteiger partial charge in [0.1, 0.15) is 11.0 Å². The Morgan fingerprint density at radius 3 is 1.84 bits per heavy atom. The van der Waals surface area contributed by atoms with Gasteiger partial charge in [0.15, 0.2) is 0 Å². The van der Waals surface area contributed by atoms with Crippen LogP contribution in [0.4, 0.5) is 0 Å². The minimum absolute atomic E-state index is 0.150. The molecule has 1 unspecified atom stereocenters. The van der Waals surface area contributed by atoms with Gasteiger partial charge in [-0.25, -0.2) is 8.93 Å². The number of benzene rings is 1. The second kappa shape index (κ2) is 5.95. The van der Waals surface area contributed by atoms with Gasteiger partial charge in [-0.1, -0.05) is 17.7 Å². The van der Waals surface area contributed by atoms with Crippen molar-refractivity contribution < 1.29 is 32.9 Å². The van der Waals surface area contributed by atoms with E-state index >= 15 is 0 Å². The lowest BCUT2D eigenvalue weighted by atomic mass is 10.2. The van der Waals surface area contributed by atoms with E-state index in [1.807, 2.05) is 0 Å². The Hall–Kier alpha value is -0.370. The molecule has 0 heterocycles. The molecule has 0 amide bonds. The quantitative estimate of drug-likeness (QED) is 0.487. The summed E-state index contributed by atoms with van der Waals surface area (Å²) < 4.78 is 35.6. The Labute approximate surface area is 111 Å². The molecule has 19 heavy (non-hydrogen) atoms. The first kappa shape index (κ1) is 16.7. The number of aryl methyl sites for hydroxylation is 1. The van der Waals surface area contributed by atoms with Crippen LogP contribution < -0.4 is 4.72 Å². The molecule has 0 radical (unpaired) electrons. The molecule has 5 N–H and O–H groups in total. The third-order valence-corrected chi connectivity index (χ3v) is 6.92. The molecular formula is C8H13NO7P2S. The second-order valence-corrected chi connectivity index (χ2v) is 8.79. The van der Waals surface area contributed by atoms with Gasteiger partial charge in [-0.3, -0.25) is 9.13 Å². The fourth-order valence-electron chi connectivity index (χ4n) is 1.16. The van der Waals surface area contributed by atoms with E-state index in [-0.39, 0.29) is 4.90 Å². The molecule has 0 spiro atoms. The third-order valence-electron chi connectivity index (χ3n) is 2.08. The van der Waals surface area contributed by atoms with Crippen molar-refractivity contribution in [2.45, 2.75) is 17.3 Å². The predicted molar refractivity (Wildman–Crippen MR) is 68.6 cm³/mol. The molecule has 108 valence electrons. The molecule has 0 aliphatic carbocycles. The first-order chi connectivity index (χ1) is 8.51. The monoisotopic (exact) mass is 329 g/mol. The summed E-state index contributed by atoms with van der Waals surface area (Å²) in [6.07, 6.45) is 0. The standard InChI is InChI=1S/C8H13NO7P2S/c1-6-2-4-7(5-3-6)19(16)9-8(17(10,11)12)18(13,14)15/h2-5,8-9H,1H3,(H2,10,11,12)(H2,13,14,15). The Morgan fingerprint density at radius 1 is 1.05 bits per heavy atom. The Bertz CT molecular complexity index is 541. The first-order valence-electron chi connectivity index (χ1n) is 4.87. The topological polar surface area (TPSA) is 144 Å². The van der Waals surface area contributed by atoms with Crippen molar-refractivity contribution in [1.29, 1.82) is 0 Å². The summed E-state index contributed by atoms with van der Waals surface area (Å²) in [5, 5.41) is 0. The maximum absolute atomic E-state index is 11.8. The van der Waals surface area contributed by atoms with Gasteiger partial charge < -0.3 is 19.6 Å². The maximum atomic E-state index is 11.8. The summed E-state index contributed by atoms with van der Waals surface area (Å²) in [4.78, 5) is 35.7. The van der Waals surface area contributed by atoms with Crippen LogP contribution in [0.1, 0.15) is 5.56 Å². The lowest BCUT2D eigenvalue weighted by Gasteiger charge is -2.20. The van der Waals surface area contributed by atoms with E-state index in [1.54, 1.807) is 23.8 Å². The van der Waals surface area contributed by atoms with Gasteiger partial charge in [0.05, 0.1) is 4.90 Å². The highest BCUT2D eigenvalue weighted by Crippen LogP contribution is 2.58. The van der Waals surface area contributed by atoms with Gasteiger partial charge in [-0.15, -0.1) is 0 Å². The third kappa shape index (κ3) is 4.91. The summed E-state index contributed by atoms with van der Waals surface area (Å²) in [5.74, 6) is 0. The normalized spacial score (nSPS) is 14.6. The average Bonchev–Trinajstić information content (AvgIpc) is 2.23. The van der Waals surface area contributed by atoms with Crippen LogP contribution in [0, 0.1) is 6.92 Å². The van der Waals surface area contributed by atoms with Crippen LogP contribution in [0.2, 0.25) is 0 Å². The van der Waals surface area contributed by atoms with Crippen molar-refractivity contribution >= 4 is 26.2 Å². The molecule has 0 aromatic heterocycles. The van der Waals surface area contributed by atoms with Gasteiger partial charge in [0.25, 0.3) is 0 Å². The van der Waals surface area contributed by atoms with Gasteiger partial charge in [-0.05, 0) is 19.1 Å². The number of hydrogen-bond donors (Lipinski definition) is 5. The van der Waals surface area contributed by atoms with Crippen molar-refractivity contribution in [1.82, 2.24) is 4.72 Å². The van der Waals surface area contributed by atoms with E-state index in [2.05, 4.69) is 0 Å². The Balaban J connectivity index is 2.99. The number of nitrogens with one attached hydrogen (secondary N) is 1. The van der Waals surface area contributed by atoms with Gasteiger partial charge in [-0.2, -0.15) is 0 Å². The van der Waals surface area contributed by atoms with E-state index in [4.69, 9.17) is 19.6 Å². The summed E-state index contributed by atoms with van der Waals surface area (Å²) in [7, 11) is -12.4. The fraction of sp³-hybridized carbons (Fsp3) is 0.250. The van der Waals surface area contributed by atoms with E-state index in [9.17, 15) is 13.3 Å². The molecule has 0 saturated heterocycles. The molecule has 0 saturated carbocycles. The molecule has 0 aliphatic heterocycles. The van der Waals surface area contributed by atoms with Crippen molar-refractivity contribution in [2.24, 2.45) is 0 Å². The van der Waals surface area contributed by atoms with E-state index in [0.717, 1.165) is 5.56 Å². The van der Waals surface area contributed by atoms with Crippen LogP contribution in [0.3, 0.4) is 0 Å². The van der Waals surface area contributed by atoms with Crippen LogP contribution in [0.15, 0.2) is 29.2 Å². The zero-order chi connectivity index (χ0) is 14.8. The zero-order valence-electron chi connectivity index (χ0n) is 9.70. The Morgan fingerprint density at radius 2 is 1.47 bits per heavy atom. The SMILES string of the molecule is Cc1ccc(S(=O)NC(P(=O)(O)O)P(=O)(O)O)cc1. The van der Waals surface area contributed by atoms with Gasteiger partial charge in [0.2, 0.25) is 5.52 Å². The molecule has 1 rings (SSSR count). The van der Waals surface area contributed by atoms with Crippen molar-refractivity contribution in [3.05, 3.63) is 29.8 Å². The van der Waals surface area contributed by atoms with Crippen LogP contribution in [-0.2, 0) is 20.1 Å². The van der Waals surface area contributed by atoms with E-state index in [1.165, 1.54) is 12.1 Å². The molecule has 0 fully saturated rings. The number of rotatable bonds is 5. The summed E-state index contributed by atoms with van der Waals surface area (Å²) in [5.41, 5.74) is -1.62. The molecule has 1 aromatic rings. The van der Waals surface area contributed by atoms with E-state index in [0.29, 0.717) is 0 Å². The second-order valence-electron chi connectivity index (χ2n) is 3.75. The van der Waals surface area contributed by atoms with E-state index < -0.39 is 31.7 Å². The van der Waals surface area contributed by atoms with Crippen LogP contribution in [0.25, 0.3) is 0 Å². The smallest absolute Gasteiger partial charge is 0.323 e. The summed E-state index contributed by atoms with van der Waals surface area (Å²) in [6.45, 7) is 1.79. The first-order valence-corrected chi connectivity index (χ1v) is 9.38. The highest BCUT2D eigenvalue weighted by molar-refractivity contribution is 7.84. The Kier molecular flexibility index (Phi) is 5.22. The minimum atomic E-state index is -5.15. The highest BCUT2D eigenvalue weighted by Gasteiger charge is 2.44. The van der Waals surface area contributed by atoms with Crippen molar-refractivity contribution in [2.75, 3.05) is 0 Å². The summed E-state index contributed by atoms with van der Waals surface area (Å²) >= 11 is 0. The molecule has 1 atom stereocenters. The van der Waals surface area contributed by atoms with Crippen molar-refractivity contribution in [3.63, 3.8) is 0 Å². The molecule has 0 bridgehead atoms. The summed E-state index contributed by atoms with van der Waals surface area (Å²) in [6, 6.07) is 6.07. The minimum Gasteiger partial charge on any atom is -0.323 e. The maximum Gasteiger partial charge on any atom is 0.355 e. The molecule has 8 nitrogen and oxygen atoms in total. The molecule has 1 aromatic carbocycles. The number of hydrogen-bond acceptors (Lipinski definition) is 3. The predicted octanol–water partition coefficient (Wildman–Crippen LogP) is 0.246. The van der Waals surface area contributed by atoms with Crippen LogP contribution in [-0.4, -0.2) is 29.3 Å². The molecule has 0 aliphatic rings. The largest absolute Gasteiger partial charge is 0.355 e. The van der Waals surface area contributed by atoms with Crippen LogP contribution >= 0.6 is 15.2 Å². The molecule has 11 heteroatoms. The molecular weight excluding hydrogens is 316 g/mol. The average molecular weight is 329 g/mol. The van der Waals surface area contributed by atoms with Gasteiger partial charge in [0, 0.05) is 0 Å². The lowest BCUT2D eigenvalue weighted by Crippen LogP contribution is -2.30. The zero-order valence-corrected chi connectivity index (χ0v) is 12.3. The highest BCUT2D eigenvalue weighted by atomic mass is 32.2. The van der Waals surface area contributed by atoms with Crippen LogP contribution in [0.5, 0.6) is 0 Å². The lowest BCUT2D eigenvalue weighted by molar-refractivity contribution is 0.336. The van der Waals surface area contributed by atoms with Gasteiger partial charge >= 0.3 is 15.2 Å². The fourth-order valence-corrected chi connectivity index (χ4v) is 5.11.